The summed E-state index contributed by atoms with van der Waals surface area (Å²) in [7, 11) is 0. The molecule has 0 aliphatic carbocycles. The summed E-state index contributed by atoms with van der Waals surface area (Å²) in [5.74, 6) is -0.255. The van der Waals surface area contributed by atoms with Crippen molar-refractivity contribution < 1.29 is 9.59 Å². The van der Waals surface area contributed by atoms with Gasteiger partial charge in [0.05, 0.1) is 12.1 Å². The van der Waals surface area contributed by atoms with Crippen LogP contribution in [0.3, 0.4) is 0 Å². The van der Waals surface area contributed by atoms with Crippen LogP contribution in [-0.2, 0) is 16.0 Å². The highest BCUT2D eigenvalue weighted by Gasteiger charge is 2.12. The van der Waals surface area contributed by atoms with Gasteiger partial charge in [-0.1, -0.05) is 60.2 Å². The molecule has 2 N–H and O–H groups in total. The van der Waals surface area contributed by atoms with Crippen molar-refractivity contribution in [2.24, 2.45) is 0 Å². The molecule has 0 unspecified atom stereocenters. The van der Waals surface area contributed by atoms with Gasteiger partial charge in [0.2, 0.25) is 11.8 Å². The molecule has 0 saturated carbocycles. The highest BCUT2D eigenvalue weighted by Crippen LogP contribution is 2.30. The van der Waals surface area contributed by atoms with E-state index in [0.717, 1.165) is 21.7 Å². The van der Waals surface area contributed by atoms with Crippen LogP contribution in [0.2, 0.25) is 0 Å². The summed E-state index contributed by atoms with van der Waals surface area (Å²) in [6.45, 7) is 4.33. The van der Waals surface area contributed by atoms with Gasteiger partial charge in [0.15, 0.2) is 5.13 Å². The molecule has 0 fully saturated rings. The number of nitrogens with one attached hydrogen (secondary N) is 2. The second kappa shape index (κ2) is 9.28. The van der Waals surface area contributed by atoms with Crippen LogP contribution in [0, 0.1) is 13.8 Å². The first-order valence-corrected chi connectivity index (χ1v) is 9.98. The average Bonchev–Trinajstić information content (AvgIpc) is 3.03. The van der Waals surface area contributed by atoms with Gasteiger partial charge in [0.1, 0.15) is 0 Å². The van der Waals surface area contributed by atoms with E-state index in [1.165, 1.54) is 16.9 Å². The summed E-state index contributed by atoms with van der Waals surface area (Å²) in [5.41, 5.74) is 4.07. The van der Waals surface area contributed by atoms with E-state index in [1.54, 1.807) is 0 Å². The predicted octanol–water partition coefficient (Wildman–Crippen LogP) is 4.11. The Kier molecular flexibility index (Phi) is 6.55. The Balaban J connectivity index is 1.48. The maximum atomic E-state index is 12.2. The van der Waals surface area contributed by atoms with Crippen LogP contribution < -0.4 is 10.6 Å². The number of carbonyl (C=O) groups is 2. The number of anilines is 1. The fourth-order valence-corrected chi connectivity index (χ4v) is 3.62. The maximum absolute atomic E-state index is 12.2. The Morgan fingerprint density at radius 1 is 0.964 bits per heavy atom. The standard InChI is InChI=1S/C22H23N3O2S/c1-15-8-10-18(11-9-15)21-16(2)28-22(25-21)24-19(26)12-13-23-20(27)14-17-6-4-3-5-7-17/h3-11H,12-14H2,1-2H3,(H,23,27)(H,24,25,26). The third-order valence-electron chi connectivity index (χ3n) is 4.25. The molecule has 0 saturated heterocycles. The van der Waals surface area contributed by atoms with Gasteiger partial charge in [-0.15, -0.1) is 11.3 Å². The molecular weight excluding hydrogens is 370 g/mol. The van der Waals surface area contributed by atoms with Crippen LogP contribution in [0.5, 0.6) is 0 Å². The Morgan fingerprint density at radius 2 is 1.68 bits per heavy atom. The fraction of sp³-hybridized carbons (Fsp3) is 0.227. The van der Waals surface area contributed by atoms with Gasteiger partial charge in [0, 0.05) is 23.4 Å². The molecule has 2 amide bonds. The Labute approximate surface area is 168 Å². The molecule has 28 heavy (non-hydrogen) atoms. The lowest BCUT2D eigenvalue weighted by molar-refractivity contribution is -0.120. The van der Waals surface area contributed by atoms with Crippen LogP contribution in [-0.4, -0.2) is 23.3 Å². The molecule has 5 nitrogen and oxygen atoms in total. The van der Waals surface area contributed by atoms with E-state index in [9.17, 15) is 9.59 Å². The molecular formula is C22H23N3O2S. The first-order valence-electron chi connectivity index (χ1n) is 9.16. The van der Waals surface area contributed by atoms with Crippen molar-refractivity contribution in [3.05, 3.63) is 70.6 Å². The van der Waals surface area contributed by atoms with Crippen molar-refractivity contribution in [1.29, 1.82) is 0 Å². The number of amides is 2. The highest BCUT2D eigenvalue weighted by molar-refractivity contribution is 7.16. The SMILES string of the molecule is Cc1ccc(-c2nc(NC(=O)CCNC(=O)Cc3ccccc3)sc2C)cc1. The van der Waals surface area contributed by atoms with Crippen LogP contribution in [0.4, 0.5) is 5.13 Å². The molecule has 0 atom stereocenters. The second-order valence-electron chi connectivity index (χ2n) is 6.60. The van der Waals surface area contributed by atoms with E-state index in [2.05, 4.69) is 15.6 Å². The summed E-state index contributed by atoms with van der Waals surface area (Å²) in [6.07, 6.45) is 0.521. The third kappa shape index (κ3) is 5.50. The van der Waals surface area contributed by atoms with Crippen LogP contribution in [0.25, 0.3) is 11.3 Å². The molecule has 3 rings (SSSR count). The van der Waals surface area contributed by atoms with Gasteiger partial charge >= 0.3 is 0 Å². The molecule has 0 spiro atoms. The highest BCUT2D eigenvalue weighted by atomic mass is 32.1. The van der Waals surface area contributed by atoms with Crippen LogP contribution in [0.15, 0.2) is 54.6 Å². The smallest absolute Gasteiger partial charge is 0.227 e. The summed E-state index contributed by atoms with van der Waals surface area (Å²) in [4.78, 5) is 29.7. The molecule has 6 heteroatoms. The van der Waals surface area contributed by atoms with Gasteiger partial charge in [0.25, 0.3) is 0 Å². The largest absolute Gasteiger partial charge is 0.355 e. The number of aromatic nitrogens is 1. The number of nitrogens with zero attached hydrogens (tertiary/aromatic N) is 1. The first-order chi connectivity index (χ1) is 13.5. The van der Waals surface area contributed by atoms with E-state index >= 15 is 0 Å². The van der Waals surface area contributed by atoms with E-state index in [0.29, 0.717) is 18.1 Å². The zero-order valence-electron chi connectivity index (χ0n) is 16.0. The number of thiazole rings is 1. The Hall–Kier alpha value is -2.99. The Bertz CT molecular complexity index is 950. The van der Waals surface area contributed by atoms with Crippen molar-refractivity contribution in [2.45, 2.75) is 26.7 Å². The van der Waals surface area contributed by atoms with Crippen molar-refractivity contribution in [3.63, 3.8) is 0 Å². The molecule has 0 radical (unpaired) electrons. The minimum atomic E-state index is -0.163. The van der Waals surface area contributed by atoms with Crippen molar-refractivity contribution in [1.82, 2.24) is 10.3 Å². The number of hydrogen-bond donors (Lipinski definition) is 2. The third-order valence-corrected chi connectivity index (χ3v) is 5.14. The van der Waals surface area contributed by atoms with Gasteiger partial charge in [-0.25, -0.2) is 4.98 Å². The van der Waals surface area contributed by atoms with E-state index < -0.39 is 0 Å². The molecule has 0 aliphatic rings. The van der Waals surface area contributed by atoms with Crippen molar-refractivity contribution in [2.75, 3.05) is 11.9 Å². The number of aryl methyl sites for hydroxylation is 2. The molecule has 3 aromatic rings. The summed E-state index contributed by atoms with van der Waals surface area (Å²) in [5, 5.41) is 6.18. The molecule has 0 aliphatic heterocycles. The summed E-state index contributed by atoms with van der Waals surface area (Å²) >= 11 is 1.45. The van der Waals surface area contributed by atoms with Crippen LogP contribution >= 0.6 is 11.3 Å². The molecule has 144 valence electrons. The quantitative estimate of drug-likeness (QED) is 0.634. The van der Waals surface area contributed by atoms with Crippen molar-refractivity contribution in [3.8, 4) is 11.3 Å². The lowest BCUT2D eigenvalue weighted by Crippen LogP contribution is -2.28. The molecule has 1 aromatic heterocycles. The summed E-state index contributed by atoms with van der Waals surface area (Å²) < 4.78 is 0. The average molecular weight is 394 g/mol. The number of hydrogen-bond acceptors (Lipinski definition) is 4. The minimum absolute atomic E-state index is 0.0919. The fourth-order valence-electron chi connectivity index (χ4n) is 2.77. The van der Waals surface area contributed by atoms with Gasteiger partial charge in [-0.2, -0.15) is 0 Å². The number of carbonyl (C=O) groups excluding carboxylic acids is 2. The summed E-state index contributed by atoms with van der Waals surface area (Å²) in [6, 6.07) is 17.7. The topological polar surface area (TPSA) is 71.1 Å². The predicted molar refractivity (Wildman–Crippen MR) is 113 cm³/mol. The Morgan fingerprint density at radius 3 is 2.39 bits per heavy atom. The van der Waals surface area contributed by atoms with Gasteiger partial charge < -0.3 is 10.6 Å². The number of rotatable bonds is 7. The van der Waals surface area contributed by atoms with Gasteiger partial charge in [-0.3, -0.25) is 9.59 Å². The lowest BCUT2D eigenvalue weighted by atomic mass is 10.1. The zero-order valence-corrected chi connectivity index (χ0v) is 16.8. The molecule has 1 heterocycles. The van der Waals surface area contributed by atoms with E-state index in [4.69, 9.17) is 0 Å². The minimum Gasteiger partial charge on any atom is -0.355 e. The van der Waals surface area contributed by atoms with Crippen molar-refractivity contribution >= 4 is 28.3 Å². The second-order valence-corrected chi connectivity index (χ2v) is 7.80. The first kappa shape index (κ1) is 19.8. The number of benzene rings is 2. The van der Waals surface area contributed by atoms with E-state index in [1.807, 2.05) is 68.4 Å². The maximum Gasteiger partial charge on any atom is 0.227 e. The van der Waals surface area contributed by atoms with E-state index in [-0.39, 0.29) is 18.2 Å². The monoisotopic (exact) mass is 393 g/mol. The molecule has 0 bridgehead atoms. The van der Waals surface area contributed by atoms with Gasteiger partial charge in [-0.05, 0) is 19.4 Å². The molecule has 2 aromatic carbocycles. The normalized spacial score (nSPS) is 10.5. The van der Waals surface area contributed by atoms with Crippen LogP contribution in [0.1, 0.15) is 22.4 Å². The lowest BCUT2D eigenvalue weighted by Gasteiger charge is -2.05. The zero-order chi connectivity index (χ0) is 19.9.